The minimum absolute atomic E-state index is 0.0303. The van der Waals surface area contributed by atoms with Crippen LogP contribution in [0.1, 0.15) is 46.0 Å². The van der Waals surface area contributed by atoms with E-state index in [2.05, 4.69) is 17.1 Å². The Balaban J connectivity index is 1.72. The van der Waals surface area contributed by atoms with Gasteiger partial charge in [-0.25, -0.2) is 0 Å². The maximum atomic E-state index is 11.9. The zero-order valence-corrected chi connectivity index (χ0v) is 12.4. The summed E-state index contributed by atoms with van der Waals surface area (Å²) in [7, 11) is 0. The number of nitrogens with one attached hydrogen (secondary N) is 1. The number of carbonyl (C=O) groups is 1. The first-order valence-electron chi connectivity index (χ1n) is 7.88. The van der Waals surface area contributed by atoms with Crippen LogP contribution in [0.5, 0.6) is 0 Å². The molecule has 0 aromatic rings. The Kier molecular flexibility index (Phi) is 5.64. The number of hydrogen-bond donors (Lipinski definition) is 1. The summed E-state index contributed by atoms with van der Waals surface area (Å²) in [6, 6.07) is 0.776. The third-order valence-corrected chi connectivity index (χ3v) is 4.31. The highest BCUT2D eigenvalue weighted by atomic mass is 16.5. The molecule has 0 aromatic carbocycles. The van der Waals surface area contributed by atoms with Crippen molar-refractivity contribution in [3.8, 4) is 0 Å². The van der Waals surface area contributed by atoms with Crippen molar-refractivity contribution in [2.45, 2.75) is 58.0 Å². The highest BCUT2D eigenvalue weighted by Gasteiger charge is 2.30. The molecule has 0 radical (unpaired) electrons. The number of piperidine rings is 1. The van der Waals surface area contributed by atoms with E-state index in [1.54, 1.807) is 0 Å². The molecule has 1 saturated heterocycles. The Morgan fingerprint density at radius 3 is 2.47 bits per heavy atom. The maximum Gasteiger partial charge on any atom is 0.323 e. The summed E-state index contributed by atoms with van der Waals surface area (Å²) in [5, 5.41) is 3.62. The topological polar surface area (TPSA) is 41.6 Å². The summed E-state index contributed by atoms with van der Waals surface area (Å²) in [5.41, 5.74) is 0. The maximum absolute atomic E-state index is 11.9. The van der Waals surface area contributed by atoms with Crippen molar-refractivity contribution >= 4 is 5.97 Å². The lowest BCUT2D eigenvalue weighted by molar-refractivity contribution is -0.150. The van der Waals surface area contributed by atoms with Crippen molar-refractivity contribution in [3.63, 3.8) is 0 Å². The number of ether oxygens (including phenoxy) is 1. The third kappa shape index (κ3) is 4.46. The quantitative estimate of drug-likeness (QED) is 0.715. The van der Waals surface area contributed by atoms with E-state index >= 15 is 0 Å². The number of esters is 1. The van der Waals surface area contributed by atoms with Crippen LogP contribution >= 0.6 is 0 Å². The predicted octanol–water partition coefficient (Wildman–Crippen LogP) is 1.79. The Labute approximate surface area is 116 Å². The highest BCUT2D eigenvalue weighted by molar-refractivity contribution is 5.75. The van der Waals surface area contributed by atoms with E-state index in [-0.39, 0.29) is 12.0 Å². The lowest BCUT2D eigenvalue weighted by atomic mass is 9.95. The molecule has 1 aliphatic heterocycles. The summed E-state index contributed by atoms with van der Waals surface area (Å²) in [4.78, 5) is 14.2. The summed E-state index contributed by atoms with van der Waals surface area (Å²) in [5.74, 6) is 0.746. The van der Waals surface area contributed by atoms with Crippen molar-refractivity contribution in [1.29, 1.82) is 0 Å². The molecule has 110 valence electrons. The van der Waals surface area contributed by atoms with Gasteiger partial charge in [-0.3, -0.25) is 9.69 Å². The third-order valence-electron chi connectivity index (χ3n) is 4.31. The van der Waals surface area contributed by atoms with Crippen LogP contribution in [0.3, 0.4) is 0 Å². The van der Waals surface area contributed by atoms with Crippen LogP contribution in [0.4, 0.5) is 0 Å². The minimum atomic E-state index is -0.0421. The summed E-state index contributed by atoms with van der Waals surface area (Å²) < 4.78 is 5.17. The molecule has 2 rings (SSSR count). The Hall–Kier alpha value is -0.610. The van der Waals surface area contributed by atoms with Gasteiger partial charge < -0.3 is 10.1 Å². The summed E-state index contributed by atoms with van der Waals surface area (Å²) >= 11 is 0. The Morgan fingerprint density at radius 2 is 1.95 bits per heavy atom. The van der Waals surface area contributed by atoms with E-state index in [9.17, 15) is 4.79 Å². The van der Waals surface area contributed by atoms with Gasteiger partial charge in [0, 0.05) is 6.04 Å². The number of likely N-dealkylation sites (tertiary alicyclic amines) is 1. The smallest absolute Gasteiger partial charge is 0.323 e. The number of hydrogen-bond acceptors (Lipinski definition) is 4. The largest absolute Gasteiger partial charge is 0.465 e. The highest BCUT2D eigenvalue weighted by Crippen LogP contribution is 2.23. The average Bonchev–Trinajstić information content (AvgIpc) is 3.23. The van der Waals surface area contributed by atoms with Crippen LogP contribution in [-0.4, -0.2) is 49.2 Å². The molecular formula is C15H28N2O2. The van der Waals surface area contributed by atoms with E-state index in [0.717, 1.165) is 38.0 Å². The summed E-state index contributed by atoms with van der Waals surface area (Å²) in [6.45, 7) is 7.66. The normalized spacial score (nSPS) is 23.3. The molecule has 0 amide bonds. The first kappa shape index (κ1) is 14.8. The molecule has 0 aromatic heterocycles. The van der Waals surface area contributed by atoms with Gasteiger partial charge in [0.1, 0.15) is 6.04 Å². The van der Waals surface area contributed by atoms with Crippen LogP contribution < -0.4 is 5.32 Å². The average molecular weight is 268 g/mol. The zero-order valence-electron chi connectivity index (χ0n) is 12.4. The van der Waals surface area contributed by atoms with Crippen LogP contribution in [0.25, 0.3) is 0 Å². The SMILES string of the molecule is CCOC(=O)C(CC)N1CCC(CNC2CC2)CC1. The monoisotopic (exact) mass is 268 g/mol. The van der Waals surface area contributed by atoms with Crippen molar-refractivity contribution in [2.24, 2.45) is 5.92 Å². The van der Waals surface area contributed by atoms with Crippen molar-refractivity contribution in [3.05, 3.63) is 0 Å². The fraction of sp³-hybridized carbons (Fsp3) is 0.933. The standard InChI is InChI=1S/C15H28N2O2/c1-3-14(15(18)19-4-2)17-9-7-12(8-10-17)11-16-13-5-6-13/h12-14,16H,3-11H2,1-2H3. The first-order valence-corrected chi connectivity index (χ1v) is 7.88. The van der Waals surface area contributed by atoms with Gasteiger partial charge in [0.25, 0.3) is 0 Å². The van der Waals surface area contributed by atoms with E-state index in [0.29, 0.717) is 6.61 Å². The number of nitrogens with zero attached hydrogens (tertiary/aromatic N) is 1. The van der Waals surface area contributed by atoms with Gasteiger partial charge in [0.15, 0.2) is 0 Å². The van der Waals surface area contributed by atoms with Crippen LogP contribution in [0.2, 0.25) is 0 Å². The molecule has 4 heteroatoms. The Bertz CT molecular complexity index is 284. The van der Waals surface area contributed by atoms with Gasteiger partial charge in [-0.15, -0.1) is 0 Å². The van der Waals surface area contributed by atoms with Crippen LogP contribution in [0, 0.1) is 5.92 Å². The molecule has 2 fully saturated rings. The molecule has 1 N–H and O–H groups in total. The summed E-state index contributed by atoms with van der Waals surface area (Å²) in [6.07, 6.45) is 5.98. The van der Waals surface area contributed by atoms with E-state index < -0.39 is 0 Å². The molecule has 1 unspecified atom stereocenters. The molecule has 0 bridgehead atoms. The van der Waals surface area contributed by atoms with Crippen molar-refractivity contribution in [1.82, 2.24) is 10.2 Å². The molecule has 1 saturated carbocycles. The van der Waals surface area contributed by atoms with Gasteiger partial charge >= 0.3 is 5.97 Å². The number of rotatable bonds is 7. The lowest BCUT2D eigenvalue weighted by Crippen LogP contribution is -2.47. The molecule has 1 aliphatic carbocycles. The lowest BCUT2D eigenvalue weighted by Gasteiger charge is -2.36. The molecule has 1 heterocycles. The van der Waals surface area contributed by atoms with Crippen molar-refractivity contribution in [2.75, 3.05) is 26.2 Å². The minimum Gasteiger partial charge on any atom is -0.465 e. The molecular weight excluding hydrogens is 240 g/mol. The second kappa shape index (κ2) is 7.25. The molecule has 0 spiro atoms. The van der Waals surface area contributed by atoms with E-state index in [1.807, 2.05) is 6.92 Å². The van der Waals surface area contributed by atoms with E-state index in [4.69, 9.17) is 4.74 Å². The van der Waals surface area contributed by atoms with Crippen LogP contribution in [-0.2, 0) is 9.53 Å². The molecule has 19 heavy (non-hydrogen) atoms. The van der Waals surface area contributed by atoms with Gasteiger partial charge in [-0.2, -0.15) is 0 Å². The van der Waals surface area contributed by atoms with Crippen LogP contribution in [0.15, 0.2) is 0 Å². The van der Waals surface area contributed by atoms with Gasteiger partial charge in [-0.1, -0.05) is 6.92 Å². The fourth-order valence-corrected chi connectivity index (χ4v) is 2.90. The fourth-order valence-electron chi connectivity index (χ4n) is 2.90. The number of carbonyl (C=O) groups excluding carboxylic acids is 1. The second-order valence-corrected chi connectivity index (χ2v) is 5.84. The second-order valence-electron chi connectivity index (χ2n) is 5.84. The van der Waals surface area contributed by atoms with Gasteiger partial charge in [0.05, 0.1) is 6.61 Å². The first-order chi connectivity index (χ1) is 9.24. The van der Waals surface area contributed by atoms with Crippen molar-refractivity contribution < 1.29 is 9.53 Å². The molecule has 1 atom stereocenters. The predicted molar refractivity (Wildman–Crippen MR) is 76.0 cm³/mol. The zero-order chi connectivity index (χ0) is 13.7. The molecule has 2 aliphatic rings. The Morgan fingerprint density at radius 1 is 1.26 bits per heavy atom. The molecule has 4 nitrogen and oxygen atoms in total. The van der Waals surface area contributed by atoms with Gasteiger partial charge in [0.2, 0.25) is 0 Å². The van der Waals surface area contributed by atoms with Gasteiger partial charge in [-0.05, 0) is 64.6 Å². The van der Waals surface area contributed by atoms with E-state index in [1.165, 1.54) is 25.7 Å².